The van der Waals surface area contributed by atoms with Crippen molar-refractivity contribution < 1.29 is 13.2 Å². The highest BCUT2D eigenvalue weighted by Gasteiger charge is 2.29. The SMILES string of the molecule is FC(F)(F)c1ccc(CCNCc2cccc(Cc3cccc4ccc5c(c34)CCC3=C5C=CCC3)c2)cc1. The van der Waals surface area contributed by atoms with Gasteiger partial charge in [0.2, 0.25) is 0 Å². The van der Waals surface area contributed by atoms with E-state index in [0.29, 0.717) is 13.0 Å². The summed E-state index contributed by atoms with van der Waals surface area (Å²) in [4.78, 5) is 0. The summed E-state index contributed by atoms with van der Waals surface area (Å²) in [5.74, 6) is 0. The molecule has 4 aromatic rings. The molecule has 0 amide bonds. The largest absolute Gasteiger partial charge is 0.416 e. The minimum Gasteiger partial charge on any atom is -0.312 e. The van der Waals surface area contributed by atoms with E-state index in [1.807, 2.05) is 0 Å². The highest BCUT2D eigenvalue weighted by Crippen LogP contribution is 2.41. The highest BCUT2D eigenvalue weighted by atomic mass is 19.4. The summed E-state index contributed by atoms with van der Waals surface area (Å²) < 4.78 is 38.3. The van der Waals surface area contributed by atoms with E-state index in [0.717, 1.165) is 49.9 Å². The smallest absolute Gasteiger partial charge is 0.312 e. The lowest BCUT2D eigenvalue weighted by molar-refractivity contribution is -0.137. The fourth-order valence-corrected chi connectivity index (χ4v) is 6.12. The Morgan fingerprint density at radius 1 is 0.769 bits per heavy atom. The Bertz CT molecular complexity index is 1560. The molecule has 0 unspecified atom stereocenters. The van der Waals surface area contributed by atoms with E-state index in [4.69, 9.17) is 0 Å². The first-order valence-electron chi connectivity index (χ1n) is 13.8. The molecular weight excluding hydrogens is 491 g/mol. The Balaban J connectivity index is 1.15. The topological polar surface area (TPSA) is 12.0 Å². The summed E-state index contributed by atoms with van der Waals surface area (Å²) >= 11 is 0. The zero-order valence-corrected chi connectivity index (χ0v) is 22.0. The number of alkyl halides is 3. The third-order valence-corrected chi connectivity index (χ3v) is 8.07. The molecule has 0 atom stereocenters. The molecule has 198 valence electrons. The van der Waals surface area contributed by atoms with Crippen LogP contribution in [0.2, 0.25) is 0 Å². The van der Waals surface area contributed by atoms with Crippen molar-refractivity contribution in [2.24, 2.45) is 0 Å². The zero-order chi connectivity index (χ0) is 26.8. The monoisotopic (exact) mass is 523 g/mol. The minimum atomic E-state index is -4.29. The molecule has 0 spiro atoms. The van der Waals surface area contributed by atoms with Gasteiger partial charge in [0.1, 0.15) is 0 Å². The van der Waals surface area contributed by atoms with Gasteiger partial charge in [0.05, 0.1) is 5.56 Å². The first-order chi connectivity index (χ1) is 19.0. The summed E-state index contributed by atoms with van der Waals surface area (Å²) in [6.45, 7) is 1.43. The molecule has 0 heterocycles. The van der Waals surface area contributed by atoms with Gasteiger partial charge in [-0.3, -0.25) is 0 Å². The average molecular weight is 524 g/mol. The normalized spacial score (nSPS) is 14.9. The number of rotatable bonds is 7. The summed E-state index contributed by atoms with van der Waals surface area (Å²) in [7, 11) is 0. The maximum atomic E-state index is 12.8. The number of benzene rings is 4. The molecule has 6 rings (SSSR count). The molecule has 0 fully saturated rings. The van der Waals surface area contributed by atoms with Crippen molar-refractivity contribution in [3.63, 3.8) is 0 Å². The fourth-order valence-electron chi connectivity index (χ4n) is 6.12. The zero-order valence-electron chi connectivity index (χ0n) is 22.0. The van der Waals surface area contributed by atoms with E-state index in [2.05, 4.69) is 72.1 Å². The molecule has 4 aromatic carbocycles. The maximum absolute atomic E-state index is 12.8. The number of nitrogens with one attached hydrogen (secondary N) is 1. The van der Waals surface area contributed by atoms with E-state index in [1.54, 1.807) is 17.7 Å². The highest BCUT2D eigenvalue weighted by molar-refractivity contribution is 5.96. The van der Waals surface area contributed by atoms with Crippen LogP contribution in [0, 0.1) is 0 Å². The number of hydrogen-bond donors (Lipinski definition) is 1. The van der Waals surface area contributed by atoms with Crippen molar-refractivity contribution in [2.45, 2.75) is 51.2 Å². The van der Waals surface area contributed by atoms with Crippen LogP contribution in [0.5, 0.6) is 0 Å². The van der Waals surface area contributed by atoms with E-state index in [-0.39, 0.29) is 0 Å². The third kappa shape index (κ3) is 5.58. The van der Waals surface area contributed by atoms with Crippen LogP contribution in [-0.4, -0.2) is 6.54 Å². The van der Waals surface area contributed by atoms with Gasteiger partial charge in [-0.05, 0) is 107 Å². The summed E-state index contributed by atoms with van der Waals surface area (Å²) in [5, 5.41) is 6.18. The molecule has 1 nitrogen and oxygen atoms in total. The van der Waals surface area contributed by atoms with Crippen molar-refractivity contribution >= 4 is 16.3 Å². The molecule has 0 bridgehead atoms. The molecule has 4 heteroatoms. The molecule has 39 heavy (non-hydrogen) atoms. The summed E-state index contributed by atoms with van der Waals surface area (Å²) in [6, 6.07) is 25.4. The van der Waals surface area contributed by atoms with E-state index >= 15 is 0 Å². The van der Waals surface area contributed by atoms with Gasteiger partial charge in [0.15, 0.2) is 0 Å². The Kier molecular flexibility index (Phi) is 7.14. The molecule has 0 radical (unpaired) electrons. The van der Waals surface area contributed by atoms with Crippen LogP contribution in [0.15, 0.2) is 96.6 Å². The average Bonchev–Trinajstić information content (AvgIpc) is 2.95. The van der Waals surface area contributed by atoms with Gasteiger partial charge < -0.3 is 5.32 Å². The van der Waals surface area contributed by atoms with Gasteiger partial charge in [-0.2, -0.15) is 13.2 Å². The Morgan fingerprint density at radius 3 is 2.44 bits per heavy atom. The molecular formula is C35H32F3N. The second-order valence-corrected chi connectivity index (χ2v) is 10.7. The predicted octanol–water partition coefficient (Wildman–Crippen LogP) is 8.83. The van der Waals surface area contributed by atoms with Crippen LogP contribution in [0.1, 0.15) is 58.2 Å². The minimum absolute atomic E-state index is 0.601. The number of halogens is 3. The van der Waals surface area contributed by atoms with Gasteiger partial charge in [-0.1, -0.05) is 84.5 Å². The van der Waals surface area contributed by atoms with E-state index in [9.17, 15) is 13.2 Å². The van der Waals surface area contributed by atoms with Gasteiger partial charge >= 0.3 is 6.18 Å². The quantitative estimate of drug-likeness (QED) is 0.239. The second-order valence-electron chi connectivity index (χ2n) is 10.7. The first-order valence-corrected chi connectivity index (χ1v) is 13.8. The Labute approximate surface area is 228 Å². The molecule has 2 aliphatic rings. The molecule has 2 aliphatic carbocycles. The molecule has 0 saturated heterocycles. The second kappa shape index (κ2) is 10.9. The van der Waals surface area contributed by atoms with E-state index < -0.39 is 11.7 Å². The van der Waals surface area contributed by atoms with Crippen molar-refractivity contribution in [3.8, 4) is 0 Å². The van der Waals surface area contributed by atoms with Gasteiger partial charge in [0, 0.05) is 6.54 Å². The fraction of sp³-hybridized carbons (Fsp3) is 0.257. The molecule has 0 saturated carbocycles. The van der Waals surface area contributed by atoms with Crippen molar-refractivity contribution in [3.05, 3.63) is 136 Å². The Hall–Kier alpha value is -3.63. The lowest BCUT2D eigenvalue weighted by atomic mass is 9.78. The predicted molar refractivity (Wildman–Crippen MR) is 154 cm³/mol. The molecule has 0 aromatic heterocycles. The number of fused-ring (bicyclic) bond motifs is 4. The van der Waals surface area contributed by atoms with Crippen LogP contribution in [-0.2, 0) is 32.0 Å². The first kappa shape index (κ1) is 25.6. The third-order valence-electron chi connectivity index (χ3n) is 8.07. The van der Waals surface area contributed by atoms with Crippen LogP contribution < -0.4 is 5.32 Å². The molecule has 1 N–H and O–H groups in total. The summed E-state index contributed by atoms with van der Waals surface area (Å²) in [5.41, 5.74) is 10.1. The van der Waals surface area contributed by atoms with Crippen LogP contribution >= 0.6 is 0 Å². The van der Waals surface area contributed by atoms with Crippen LogP contribution in [0.25, 0.3) is 16.3 Å². The number of aryl methyl sites for hydroxylation is 1. The summed E-state index contributed by atoms with van der Waals surface area (Å²) in [6.07, 6.45) is 6.55. The van der Waals surface area contributed by atoms with Gasteiger partial charge in [-0.25, -0.2) is 0 Å². The van der Waals surface area contributed by atoms with E-state index in [1.165, 1.54) is 50.6 Å². The van der Waals surface area contributed by atoms with Crippen molar-refractivity contribution in [1.82, 2.24) is 5.32 Å². The van der Waals surface area contributed by atoms with Gasteiger partial charge in [0.25, 0.3) is 0 Å². The maximum Gasteiger partial charge on any atom is 0.416 e. The lowest BCUT2D eigenvalue weighted by Gasteiger charge is -2.26. The van der Waals surface area contributed by atoms with Crippen LogP contribution in [0.4, 0.5) is 13.2 Å². The van der Waals surface area contributed by atoms with Crippen LogP contribution in [0.3, 0.4) is 0 Å². The van der Waals surface area contributed by atoms with Gasteiger partial charge in [-0.15, -0.1) is 0 Å². The van der Waals surface area contributed by atoms with Crippen molar-refractivity contribution in [1.29, 1.82) is 0 Å². The Morgan fingerprint density at radius 2 is 1.59 bits per heavy atom. The lowest BCUT2D eigenvalue weighted by Crippen LogP contribution is -2.17. The van der Waals surface area contributed by atoms with Crippen molar-refractivity contribution in [2.75, 3.05) is 6.54 Å². The molecule has 0 aliphatic heterocycles. The number of allylic oxidation sites excluding steroid dienone is 4. The standard InChI is InChI=1S/C35H32F3N/c36-35(37,38)30-15-11-24(12-16-30)19-20-39-23-26-6-3-5-25(21-26)22-29-9-4-8-28-14-17-32-31-10-2-1-7-27(31)13-18-33(32)34(28)29/h2-6,8-12,14-17,21,39H,1,7,13,18-20,22-23H2. The number of hydrogen-bond acceptors (Lipinski definition) is 1.